The summed E-state index contributed by atoms with van der Waals surface area (Å²) in [6.45, 7) is 8.63. The second kappa shape index (κ2) is 9.71. The van der Waals surface area contributed by atoms with Crippen molar-refractivity contribution in [2.24, 2.45) is 0 Å². The number of hydrogen-bond acceptors (Lipinski definition) is 5. The molecule has 1 aromatic heterocycles. The van der Waals surface area contributed by atoms with Gasteiger partial charge in [0.1, 0.15) is 6.17 Å². The fourth-order valence-electron chi connectivity index (χ4n) is 5.09. The van der Waals surface area contributed by atoms with Gasteiger partial charge >= 0.3 is 0 Å². The number of likely N-dealkylation sites (tertiary alicyclic amines) is 1. The van der Waals surface area contributed by atoms with Crippen molar-refractivity contribution in [2.75, 3.05) is 43.9 Å². The number of nitrogens with zero attached hydrogens (tertiary/aromatic N) is 3. The molecule has 0 bridgehead atoms. The van der Waals surface area contributed by atoms with Crippen LogP contribution in [0.15, 0.2) is 30.5 Å². The molecule has 0 aliphatic carbocycles. The standard InChI is InChI=1S/C25H35F2N5/c1-16(27)13-32-17(2)11-22-18(3)23(28)7-6-21(22)25(32)24-8-5-19(12-29-24)30-20-14-31(15-20)10-4-9-26/h5-8,12,16-17,20,25,30H,4,9-11,13-15,28H2,1-3H3/t16?,17-,25?/m1/s1. The fraction of sp³-hybridized carbons (Fsp3) is 0.560. The number of nitrogens with two attached hydrogens (primary N) is 1. The van der Waals surface area contributed by atoms with Crippen LogP contribution in [0.5, 0.6) is 0 Å². The molecule has 5 nitrogen and oxygen atoms in total. The lowest BCUT2D eigenvalue weighted by molar-refractivity contribution is 0.111. The van der Waals surface area contributed by atoms with Gasteiger partial charge in [0, 0.05) is 37.9 Å². The minimum atomic E-state index is -0.920. The summed E-state index contributed by atoms with van der Waals surface area (Å²) in [5, 5.41) is 3.51. The molecule has 0 spiro atoms. The highest BCUT2D eigenvalue weighted by molar-refractivity contribution is 5.56. The molecule has 1 fully saturated rings. The van der Waals surface area contributed by atoms with Crippen LogP contribution in [-0.2, 0) is 6.42 Å². The first kappa shape index (κ1) is 22.9. The highest BCUT2D eigenvalue weighted by Crippen LogP contribution is 2.40. The summed E-state index contributed by atoms with van der Waals surface area (Å²) in [6, 6.07) is 8.61. The van der Waals surface area contributed by atoms with Gasteiger partial charge in [0.05, 0.1) is 36.3 Å². The number of rotatable bonds is 8. The highest BCUT2D eigenvalue weighted by atomic mass is 19.1. The molecule has 1 saturated heterocycles. The van der Waals surface area contributed by atoms with E-state index in [1.165, 1.54) is 11.1 Å². The molecule has 2 aliphatic heterocycles. The Bertz CT molecular complexity index is 911. The predicted molar refractivity (Wildman–Crippen MR) is 127 cm³/mol. The monoisotopic (exact) mass is 443 g/mol. The number of anilines is 2. The quantitative estimate of drug-likeness (QED) is 0.601. The normalized spacial score (nSPS) is 22.9. The van der Waals surface area contributed by atoms with Gasteiger partial charge in [-0.1, -0.05) is 6.07 Å². The maximum absolute atomic E-state index is 14.1. The first-order valence-corrected chi connectivity index (χ1v) is 11.7. The third kappa shape index (κ3) is 4.74. The van der Waals surface area contributed by atoms with E-state index in [4.69, 9.17) is 10.7 Å². The Labute approximate surface area is 190 Å². The molecular formula is C25H35F2N5. The summed E-state index contributed by atoms with van der Waals surface area (Å²) >= 11 is 0. The van der Waals surface area contributed by atoms with Gasteiger partial charge in [0.15, 0.2) is 0 Å². The lowest BCUT2D eigenvalue weighted by Gasteiger charge is -2.43. The van der Waals surface area contributed by atoms with Gasteiger partial charge in [-0.05, 0) is 68.5 Å². The number of fused-ring (bicyclic) bond motifs is 1. The van der Waals surface area contributed by atoms with Gasteiger partial charge < -0.3 is 11.1 Å². The van der Waals surface area contributed by atoms with Gasteiger partial charge in [-0.15, -0.1) is 0 Å². The molecule has 2 unspecified atom stereocenters. The van der Waals surface area contributed by atoms with Crippen LogP contribution in [0.3, 0.4) is 0 Å². The van der Waals surface area contributed by atoms with Crippen molar-refractivity contribution in [3.63, 3.8) is 0 Å². The largest absolute Gasteiger partial charge is 0.399 e. The Hall–Kier alpha value is -2.25. The second-order valence-electron chi connectivity index (χ2n) is 9.40. The van der Waals surface area contributed by atoms with E-state index in [9.17, 15) is 8.78 Å². The molecule has 4 rings (SSSR count). The summed E-state index contributed by atoms with van der Waals surface area (Å²) in [7, 11) is 0. The smallest absolute Gasteiger partial charge is 0.110 e. The van der Waals surface area contributed by atoms with Crippen molar-refractivity contribution in [1.29, 1.82) is 0 Å². The Kier molecular flexibility index (Phi) is 6.96. The molecular weight excluding hydrogens is 408 g/mol. The maximum Gasteiger partial charge on any atom is 0.110 e. The Morgan fingerprint density at radius 3 is 2.69 bits per heavy atom. The zero-order chi connectivity index (χ0) is 22.8. The molecule has 0 radical (unpaired) electrons. The van der Waals surface area contributed by atoms with Crippen LogP contribution >= 0.6 is 0 Å². The Balaban J connectivity index is 1.54. The second-order valence-corrected chi connectivity index (χ2v) is 9.40. The number of alkyl halides is 2. The Morgan fingerprint density at radius 2 is 2.03 bits per heavy atom. The van der Waals surface area contributed by atoms with E-state index in [0.717, 1.165) is 48.7 Å². The highest BCUT2D eigenvalue weighted by Gasteiger charge is 2.36. The summed E-state index contributed by atoms with van der Waals surface area (Å²) in [5.74, 6) is 0. The topological polar surface area (TPSA) is 57.4 Å². The number of aromatic nitrogens is 1. The SMILES string of the molecule is Cc1c(N)ccc2c1C[C@@H](C)N(CC(C)F)C2c1ccc(NC2CN(CCCF)C2)cn1. The van der Waals surface area contributed by atoms with Gasteiger partial charge in [-0.3, -0.25) is 19.2 Å². The van der Waals surface area contributed by atoms with Crippen molar-refractivity contribution >= 4 is 11.4 Å². The first-order valence-electron chi connectivity index (χ1n) is 11.7. The third-order valence-corrected chi connectivity index (χ3v) is 6.83. The molecule has 2 aromatic rings. The van der Waals surface area contributed by atoms with Crippen LogP contribution < -0.4 is 11.1 Å². The fourth-order valence-corrected chi connectivity index (χ4v) is 5.09. The summed E-state index contributed by atoms with van der Waals surface area (Å²) in [6.07, 6.45) is 2.41. The third-order valence-electron chi connectivity index (χ3n) is 6.83. The average Bonchev–Trinajstić information content (AvgIpc) is 2.74. The summed E-state index contributed by atoms with van der Waals surface area (Å²) in [4.78, 5) is 9.29. The van der Waals surface area contributed by atoms with Crippen molar-refractivity contribution in [3.8, 4) is 0 Å². The van der Waals surface area contributed by atoms with Crippen molar-refractivity contribution in [3.05, 3.63) is 52.8 Å². The minimum Gasteiger partial charge on any atom is -0.399 e. The first-order chi connectivity index (χ1) is 15.4. The molecule has 2 aliphatic rings. The van der Waals surface area contributed by atoms with E-state index in [1.807, 2.05) is 12.3 Å². The van der Waals surface area contributed by atoms with E-state index in [0.29, 0.717) is 19.0 Å². The molecule has 3 atom stereocenters. The van der Waals surface area contributed by atoms with Crippen molar-refractivity contribution in [1.82, 2.24) is 14.8 Å². The molecule has 3 N–H and O–H groups in total. The minimum absolute atomic E-state index is 0.0970. The molecule has 32 heavy (non-hydrogen) atoms. The molecule has 0 saturated carbocycles. The van der Waals surface area contributed by atoms with Crippen molar-refractivity contribution in [2.45, 2.75) is 57.9 Å². The van der Waals surface area contributed by atoms with E-state index in [1.54, 1.807) is 6.92 Å². The van der Waals surface area contributed by atoms with Gasteiger partial charge in [-0.25, -0.2) is 4.39 Å². The number of nitrogens with one attached hydrogen (secondary N) is 1. The van der Waals surface area contributed by atoms with E-state index < -0.39 is 6.17 Å². The van der Waals surface area contributed by atoms with E-state index in [-0.39, 0.29) is 18.8 Å². The maximum atomic E-state index is 14.1. The van der Waals surface area contributed by atoms with Gasteiger partial charge in [0.2, 0.25) is 0 Å². The van der Waals surface area contributed by atoms with Crippen LogP contribution in [0.1, 0.15) is 48.7 Å². The van der Waals surface area contributed by atoms with Crippen LogP contribution in [0.2, 0.25) is 0 Å². The predicted octanol–water partition coefficient (Wildman–Crippen LogP) is 4.12. The molecule has 3 heterocycles. The summed E-state index contributed by atoms with van der Waals surface area (Å²) < 4.78 is 26.4. The molecule has 7 heteroatoms. The van der Waals surface area contributed by atoms with Crippen LogP contribution in [0.25, 0.3) is 0 Å². The van der Waals surface area contributed by atoms with Crippen molar-refractivity contribution < 1.29 is 8.78 Å². The van der Waals surface area contributed by atoms with E-state index >= 15 is 0 Å². The number of nitrogen functional groups attached to an aromatic ring is 1. The van der Waals surface area contributed by atoms with Gasteiger partial charge in [0.25, 0.3) is 0 Å². The molecule has 0 amide bonds. The van der Waals surface area contributed by atoms with Crippen LogP contribution in [0.4, 0.5) is 20.2 Å². The summed E-state index contributed by atoms with van der Waals surface area (Å²) in [5.41, 5.74) is 12.4. The number of pyridine rings is 1. The average molecular weight is 444 g/mol. The number of halogens is 2. The van der Waals surface area contributed by atoms with Crippen LogP contribution in [-0.4, -0.2) is 65.9 Å². The zero-order valence-corrected chi connectivity index (χ0v) is 19.3. The molecule has 174 valence electrons. The van der Waals surface area contributed by atoms with E-state index in [2.05, 4.69) is 47.2 Å². The number of benzene rings is 1. The lowest BCUT2D eigenvalue weighted by atomic mass is 9.83. The zero-order valence-electron chi connectivity index (χ0n) is 19.3. The molecule has 1 aromatic carbocycles. The lowest BCUT2D eigenvalue weighted by Crippen LogP contribution is -2.54. The number of hydrogen-bond donors (Lipinski definition) is 2. The van der Waals surface area contributed by atoms with Crippen LogP contribution in [0, 0.1) is 6.92 Å². The van der Waals surface area contributed by atoms with Gasteiger partial charge in [-0.2, -0.15) is 0 Å². The Morgan fingerprint density at radius 1 is 1.25 bits per heavy atom.